The molecule has 0 N–H and O–H groups in total. The summed E-state index contributed by atoms with van der Waals surface area (Å²) in [7, 11) is -2.27. The van der Waals surface area contributed by atoms with E-state index in [0.717, 1.165) is 16.7 Å². The Balaban J connectivity index is 1.17. The molecule has 9 nitrogen and oxygen atoms in total. The van der Waals surface area contributed by atoms with Crippen LogP contribution in [0.5, 0.6) is 86.2 Å². The van der Waals surface area contributed by atoms with E-state index in [4.69, 9.17) is 42.0 Å². The average molecular weight is 797 g/mol. The number of fused-ring (bicyclic) bond motifs is 6. The van der Waals surface area contributed by atoms with Crippen molar-refractivity contribution in [2.45, 2.75) is 78.6 Å². The van der Waals surface area contributed by atoms with E-state index in [0.29, 0.717) is 86.2 Å². The lowest BCUT2D eigenvalue weighted by atomic mass is 9.86. The maximum atomic E-state index is 7.01. The molecule has 0 saturated carbocycles. The molecule has 0 saturated heterocycles. The predicted molar refractivity (Wildman–Crippen MR) is 224 cm³/mol. The second-order valence-electron chi connectivity index (χ2n) is 17.6. The molecule has 3 aliphatic rings. The second kappa shape index (κ2) is 13.8. The number of hydrogen-bond donors (Lipinski definition) is 0. The van der Waals surface area contributed by atoms with Crippen molar-refractivity contribution in [1.82, 2.24) is 0 Å². The molecule has 0 spiro atoms. The van der Waals surface area contributed by atoms with Gasteiger partial charge in [0.25, 0.3) is 0 Å². The Hall–Kier alpha value is -6.05. The molecule has 6 aromatic rings. The summed E-state index contributed by atoms with van der Waals surface area (Å²) in [6.07, 6.45) is 0. The Morgan fingerprint density at radius 3 is 0.724 bits per heavy atom. The average Bonchev–Trinajstić information content (AvgIpc) is 3.16. The number of para-hydroxylation sites is 6. The summed E-state index contributed by atoms with van der Waals surface area (Å²) in [5, 5.41) is 0. The first-order valence-electron chi connectivity index (χ1n) is 19.3. The first kappa shape index (κ1) is 37.5. The lowest BCUT2D eigenvalue weighted by molar-refractivity contribution is 0.341. The van der Waals surface area contributed by atoms with Crippen molar-refractivity contribution in [1.29, 1.82) is 0 Å². The van der Waals surface area contributed by atoms with E-state index in [1.165, 1.54) is 0 Å². The summed E-state index contributed by atoms with van der Waals surface area (Å²) < 4.78 is 59.2. The molecule has 6 aromatic carbocycles. The minimum Gasteiger partial charge on any atom is -0.449 e. The number of ether oxygens (including phenoxy) is 6. The molecular weight excluding hydrogens is 751 g/mol. The van der Waals surface area contributed by atoms with Crippen molar-refractivity contribution in [2.75, 3.05) is 0 Å². The molecule has 3 heterocycles. The monoisotopic (exact) mass is 796 g/mol. The van der Waals surface area contributed by atoms with Gasteiger partial charge in [-0.15, -0.1) is 0 Å². The summed E-state index contributed by atoms with van der Waals surface area (Å²) in [4.78, 5) is 0. The Labute approximate surface area is 340 Å². The molecule has 0 amide bonds. The molecular formula is C48H45O9P. The van der Waals surface area contributed by atoms with Crippen molar-refractivity contribution in [3.63, 3.8) is 0 Å². The third kappa shape index (κ3) is 7.20. The molecule has 0 unspecified atom stereocenters. The third-order valence-electron chi connectivity index (χ3n) is 9.95. The van der Waals surface area contributed by atoms with Gasteiger partial charge in [0.15, 0.2) is 69.0 Å². The molecule has 0 radical (unpaired) electrons. The fourth-order valence-electron chi connectivity index (χ4n) is 6.95. The molecule has 3 aliphatic heterocycles. The zero-order valence-corrected chi connectivity index (χ0v) is 34.9. The van der Waals surface area contributed by atoms with Gasteiger partial charge < -0.3 is 42.0 Å². The standard InChI is InChI=1S/C48H45O9P/c1-46(2,3)28-22-40-43(52-34-19-13-10-16-31(34)49-40)25-37(28)55-58(56-38-26-44-41(23-29(38)47(4,5)6)50-32-17-11-14-20-35(32)53-44)57-39-27-45-42(24-30(39)48(7,8)9)51-33-18-12-15-21-36(33)54-45/h10-27H,1-9H3. The topological polar surface area (TPSA) is 83.1 Å². The van der Waals surface area contributed by atoms with Crippen molar-refractivity contribution >= 4 is 8.60 Å². The quantitative estimate of drug-likeness (QED) is 0.153. The van der Waals surface area contributed by atoms with Gasteiger partial charge in [0.1, 0.15) is 17.2 Å². The SMILES string of the molecule is CC(C)(C)c1cc2c(cc1OP(Oc1cc3c(cc1C(C)(C)C)Oc1ccccc1O3)Oc1cc3c(cc1C(C)(C)C)Oc1ccccc1O3)Oc1ccccc1O2. The van der Waals surface area contributed by atoms with E-state index >= 15 is 0 Å². The molecule has 58 heavy (non-hydrogen) atoms. The van der Waals surface area contributed by atoms with E-state index in [1.54, 1.807) is 0 Å². The van der Waals surface area contributed by atoms with Crippen LogP contribution in [0.4, 0.5) is 0 Å². The van der Waals surface area contributed by atoms with Gasteiger partial charge in [-0.2, -0.15) is 0 Å². The van der Waals surface area contributed by atoms with Crippen LogP contribution in [0.1, 0.15) is 79.0 Å². The second-order valence-corrected chi connectivity index (χ2v) is 18.6. The minimum absolute atomic E-state index is 0.381. The lowest BCUT2D eigenvalue weighted by Gasteiger charge is -2.31. The highest BCUT2D eigenvalue weighted by molar-refractivity contribution is 7.43. The molecule has 9 rings (SSSR count). The Morgan fingerprint density at radius 1 is 0.310 bits per heavy atom. The summed E-state index contributed by atoms with van der Waals surface area (Å²) in [6.45, 7) is 19.1. The zero-order valence-electron chi connectivity index (χ0n) is 34.0. The van der Waals surface area contributed by atoms with E-state index in [-0.39, 0.29) is 16.2 Å². The Morgan fingerprint density at radius 2 is 0.517 bits per heavy atom. The van der Waals surface area contributed by atoms with Gasteiger partial charge in [-0.3, -0.25) is 0 Å². The highest BCUT2D eigenvalue weighted by Crippen LogP contribution is 2.57. The molecule has 0 aliphatic carbocycles. The Kier molecular flexibility index (Phi) is 8.93. The third-order valence-corrected chi connectivity index (χ3v) is 11.0. The summed E-state index contributed by atoms with van der Waals surface area (Å²) in [5.74, 6) is 8.63. The van der Waals surface area contributed by atoms with Crippen LogP contribution in [-0.2, 0) is 16.2 Å². The first-order valence-corrected chi connectivity index (χ1v) is 20.4. The van der Waals surface area contributed by atoms with Crippen LogP contribution < -0.4 is 42.0 Å². The van der Waals surface area contributed by atoms with Crippen LogP contribution in [0.3, 0.4) is 0 Å². The lowest BCUT2D eigenvalue weighted by Crippen LogP contribution is -2.18. The van der Waals surface area contributed by atoms with Crippen molar-refractivity contribution in [2.24, 2.45) is 0 Å². The fraction of sp³-hybridized carbons (Fsp3) is 0.250. The Bertz CT molecular complexity index is 2290. The normalized spacial score (nSPS) is 13.6. The number of rotatable bonds is 6. The van der Waals surface area contributed by atoms with Gasteiger partial charge in [0.2, 0.25) is 0 Å². The maximum absolute atomic E-state index is 7.01. The largest absolute Gasteiger partial charge is 0.530 e. The maximum Gasteiger partial charge on any atom is 0.530 e. The van der Waals surface area contributed by atoms with Crippen molar-refractivity contribution in [3.05, 3.63) is 126 Å². The van der Waals surface area contributed by atoms with Crippen LogP contribution in [0.2, 0.25) is 0 Å². The number of benzene rings is 6. The summed E-state index contributed by atoms with van der Waals surface area (Å²) in [5.41, 5.74) is 1.48. The smallest absolute Gasteiger partial charge is 0.449 e. The van der Waals surface area contributed by atoms with E-state index in [2.05, 4.69) is 62.3 Å². The van der Waals surface area contributed by atoms with Crippen LogP contribution in [0, 0.1) is 0 Å². The van der Waals surface area contributed by atoms with Crippen LogP contribution in [0.15, 0.2) is 109 Å². The van der Waals surface area contributed by atoms with Gasteiger partial charge in [-0.05, 0) is 70.8 Å². The summed E-state index contributed by atoms with van der Waals surface area (Å²) >= 11 is 0. The molecule has 10 heteroatoms. The van der Waals surface area contributed by atoms with Gasteiger partial charge >= 0.3 is 8.60 Å². The van der Waals surface area contributed by atoms with Crippen LogP contribution in [0.25, 0.3) is 0 Å². The van der Waals surface area contributed by atoms with Crippen molar-refractivity contribution in [3.8, 4) is 86.2 Å². The van der Waals surface area contributed by atoms with Gasteiger partial charge in [0, 0.05) is 34.9 Å². The van der Waals surface area contributed by atoms with Crippen LogP contribution >= 0.6 is 8.60 Å². The van der Waals surface area contributed by atoms with Crippen molar-refractivity contribution < 1.29 is 42.0 Å². The highest BCUT2D eigenvalue weighted by Gasteiger charge is 2.35. The van der Waals surface area contributed by atoms with Gasteiger partial charge in [-0.25, -0.2) is 0 Å². The fourth-order valence-corrected chi connectivity index (χ4v) is 8.00. The molecule has 0 bridgehead atoms. The molecule has 296 valence electrons. The summed E-state index contributed by atoms with van der Waals surface area (Å²) in [6, 6.07) is 34.2. The minimum atomic E-state index is -2.27. The first-order chi connectivity index (χ1) is 27.6. The van der Waals surface area contributed by atoms with E-state index < -0.39 is 8.60 Å². The molecule has 0 aromatic heterocycles. The van der Waals surface area contributed by atoms with Gasteiger partial charge in [-0.1, -0.05) is 98.7 Å². The molecule has 0 atom stereocenters. The van der Waals surface area contributed by atoms with Crippen LogP contribution in [-0.4, -0.2) is 0 Å². The number of hydrogen-bond acceptors (Lipinski definition) is 9. The molecule has 0 fully saturated rings. The predicted octanol–water partition coefficient (Wildman–Crippen LogP) is 15.0. The van der Waals surface area contributed by atoms with Gasteiger partial charge in [0.05, 0.1) is 0 Å². The zero-order chi connectivity index (χ0) is 40.6. The van der Waals surface area contributed by atoms with E-state index in [9.17, 15) is 0 Å². The highest BCUT2D eigenvalue weighted by atomic mass is 31.2. The van der Waals surface area contributed by atoms with E-state index in [1.807, 2.05) is 109 Å².